The largest absolute Gasteiger partial charge is 0.573 e. The van der Waals surface area contributed by atoms with Crippen LogP contribution in [0.4, 0.5) is 13.2 Å². The van der Waals surface area contributed by atoms with Gasteiger partial charge in [0.1, 0.15) is 11.5 Å². The van der Waals surface area contributed by atoms with Crippen molar-refractivity contribution < 1.29 is 22.6 Å². The van der Waals surface area contributed by atoms with E-state index in [-0.39, 0.29) is 11.7 Å². The minimum Gasteiger partial charge on any atom is -0.494 e. The summed E-state index contributed by atoms with van der Waals surface area (Å²) < 4.78 is 45.8. The van der Waals surface area contributed by atoms with E-state index < -0.39 is 6.36 Å². The lowest BCUT2D eigenvalue weighted by atomic mass is 9.96. The Morgan fingerprint density at radius 2 is 1.57 bits per heavy atom. The predicted molar refractivity (Wildman–Crippen MR) is 82.7 cm³/mol. The standard InChI is InChI=1S/C18H19F3O2/c1-14(6-5-13-22-16-7-3-2-4-8-16)15-9-11-17(12-10-15)23-18(19,20)21/h2-4,7-12,14H,5-6,13H2,1H3. The van der Waals surface area contributed by atoms with Gasteiger partial charge in [-0.2, -0.15) is 0 Å². The van der Waals surface area contributed by atoms with Crippen LogP contribution in [-0.4, -0.2) is 13.0 Å². The maximum Gasteiger partial charge on any atom is 0.573 e. The highest BCUT2D eigenvalue weighted by atomic mass is 19.4. The molecule has 0 saturated heterocycles. The molecule has 0 amide bonds. The van der Waals surface area contributed by atoms with Crippen LogP contribution in [0.25, 0.3) is 0 Å². The molecule has 0 heterocycles. The topological polar surface area (TPSA) is 18.5 Å². The van der Waals surface area contributed by atoms with Crippen LogP contribution in [0.2, 0.25) is 0 Å². The van der Waals surface area contributed by atoms with Crippen molar-refractivity contribution in [1.82, 2.24) is 0 Å². The lowest BCUT2D eigenvalue weighted by Gasteiger charge is -2.14. The van der Waals surface area contributed by atoms with E-state index in [1.165, 1.54) is 12.1 Å². The quantitative estimate of drug-likeness (QED) is 0.622. The number of rotatable bonds is 7. The fourth-order valence-electron chi connectivity index (χ4n) is 2.26. The second kappa shape index (κ2) is 7.90. The van der Waals surface area contributed by atoms with E-state index in [1.807, 2.05) is 37.3 Å². The molecule has 0 aliphatic heterocycles. The van der Waals surface area contributed by atoms with Gasteiger partial charge in [-0.3, -0.25) is 0 Å². The molecule has 23 heavy (non-hydrogen) atoms. The zero-order valence-electron chi connectivity index (χ0n) is 12.8. The van der Waals surface area contributed by atoms with Gasteiger partial charge in [0.05, 0.1) is 6.61 Å². The normalized spacial score (nSPS) is 12.7. The van der Waals surface area contributed by atoms with Crippen LogP contribution >= 0.6 is 0 Å². The molecule has 2 aromatic carbocycles. The van der Waals surface area contributed by atoms with Crippen LogP contribution in [0.3, 0.4) is 0 Å². The number of ether oxygens (including phenoxy) is 2. The number of alkyl halides is 3. The Kier molecular flexibility index (Phi) is 5.90. The molecule has 0 radical (unpaired) electrons. The summed E-state index contributed by atoms with van der Waals surface area (Å²) in [5.41, 5.74) is 0.985. The Morgan fingerprint density at radius 3 is 2.17 bits per heavy atom. The summed E-state index contributed by atoms with van der Waals surface area (Å²) in [7, 11) is 0. The Labute approximate surface area is 133 Å². The molecule has 0 fully saturated rings. The summed E-state index contributed by atoms with van der Waals surface area (Å²) in [5.74, 6) is 0.893. The van der Waals surface area contributed by atoms with Crippen molar-refractivity contribution in [1.29, 1.82) is 0 Å². The summed E-state index contributed by atoms with van der Waals surface area (Å²) in [6.45, 7) is 2.66. The van der Waals surface area contributed by atoms with Crippen molar-refractivity contribution in [3.05, 3.63) is 60.2 Å². The molecule has 1 unspecified atom stereocenters. The highest BCUT2D eigenvalue weighted by Gasteiger charge is 2.30. The van der Waals surface area contributed by atoms with Gasteiger partial charge in [-0.05, 0) is 48.6 Å². The van der Waals surface area contributed by atoms with E-state index >= 15 is 0 Å². The third kappa shape index (κ3) is 6.22. The third-order valence-electron chi connectivity index (χ3n) is 3.48. The number of para-hydroxylation sites is 1. The molecule has 0 N–H and O–H groups in total. The molecule has 0 spiro atoms. The van der Waals surface area contributed by atoms with Crippen molar-refractivity contribution in [2.75, 3.05) is 6.61 Å². The van der Waals surface area contributed by atoms with Gasteiger partial charge in [0.2, 0.25) is 0 Å². The first-order valence-corrected chi connectivity index (χ1v) is 7.47. The molecule has 124 valence electrons. The maximum absolute atomic E-state index is 12.1. The lowest BCUT2D eigenvalue weighted by Crippen LogP contribution is -2.17. The fourth-order valence-corrected chi connectivity index (χ4v) is 2.26. The zero-order chi connectivity index (χ0) is 16.7. The van der Waals surface area contributed by atoms with E-state index in [0.29, 0.717) is 6.61 Å². The number of halogens is 3. The van der Waals surface area contributed by atoms with E-state index in [9.17, 15) is 13.2 Å². The Morgan fingerprint density at radius 1 is 0.913 bits per heavy atom. The summed E-state index contributed by atoms with van der Waals surface area (Å²) in [6.07, 6.45) is -2.88. The maximum atomic E-state index is 12.1. The minimum atomic E-state index is -4.65. The molecule has 5 heteroatoms. The average Bonchev–Trinajstić information content (AvgIpc) is 2.51. The first kappa shape index (κ1) is 17.2. The van der Waals surface area contributed by atoms with Crippen LogP contribution in [0.15, 0.2) is 54.6 Å². The van der Waals surface area contributed by atoms with Gasteiger partial charge in [-0.25, -0.2) is 0 Å². The highest BCUT2D eigenvalue weighted by molar-refractivity contribution is 5.29. The molecular weight excluding hydrogens is 305 g/mol. The molecule has 0 bridgehead atoms. The monoisotopic (exact) mass is 324 g/mol. The first-order chi connectivity index (χ1) is 10.9. The van der Waals surface area contributed by atoms with E-state index in [0.717, 1.165) is 24.2 Å². The SMILES string of the molecule is CC(CCCOc1ccccc1)c1ccc(OC(F)(F)F)cc1. The average molecular weight is 324 g/mol. The molecule has 0 saturated carbocycles. The van der Waals surface area contributed by atoms with Gasteiger partial charge in [0.15, 0.2) is 0 Å². The van der Waals surface area contributed by atoms with E-state index in [4.69, 9.17) is 4.74 Å². The summed E-state index contributed by atoms with van der Waals surface area (Å²) in [5, 5.41) is 0. The number of hydrogen-bond acceptors (Lipinski definition) is 2. The van der Waals surface area contributed by atoms with Gasteiger partial charge in [0, 0.05) is 0 Å². The molecular formula is C18H19F3O2. The van der Waals surface area contributed by atoms with Crippen LogP contribution in [0, 0.1) is 0 Å². The van der Waals surface area contributed by atoms with Crippen molar-refractivity contribution >= 4 is 0 Å². The van der Waals surface area contributed by atoms with E-state index in [2.05, 4.69) is 4.74 Å². The molecule has 2 nitrogen and oxygen atoms in total. The Balaban J connectivity index is 1.76. The Bertz CT molecular complexity index is 579. The van der Waals surface area contributed by atoms with Crippen molar-refractivity contribution in [3.8, 4) is 11.5 Å². The van der Waals surface area contributed by atoms with Crippen LogP contribution < -0.4 is 9.47 Å². The molecule has 2 aromatic rings. The summed E-state index contributed by atoms with van der Waals surface area (Å²) >= 11 is 0. The molecule has 0 aromatic heterocycles. The molecule has 2 rings (SSSR count). The predicted octanol–water partition coefficient (Wildman–Crippen LogP) is 5.55. The second-order valence-electron chi connectivity index (χ2n) is 5.32. The first-order valence-electron chi connectivity index (χ1n) is 7.47. The van der Waals surface area contributed by atoms with Crippen molar-refractivity contribution in [2.45, 2.75) is 32.0 Å². The zero-order valence-corrected chi connectivity index (χ0v) is 12.8. The van der Waals surface area contributed by atoms with Gasteiger partial charge < -0.3 is 9.47 Å². The van der Waals surface area contributed by atoms with Crippen LogP contribution in [0.1, 0.15) is 31.2 Å². The van der Waals surface area contributed by atoms with Crippen LogP contribution in [0.5, 0.6) is 11.5 Å². The lowest BCUT2D eigenvalue weighted by molar-refractivity contribution is -0.274. The third-order valence-corrected chi connectivity index (χ3v) is 3.48. The minimum absolute atomic E-state index is 0.194. The highest BCUT2D eigenvalue weighted by Crippen LogP contribution is 2.26. The van der Waals surface area contributed by atoms with Gasteiger partial charge in [-0.15, -0.1) is 13.2 Å². The number of benzene rings is 2. The van der Waals surface area contributed by atoms with Gasteiger partial charge in [-0.1, -0.05) is 37.3 Å². The number of hydrogen-bond donors (Lipinski definition) is 0. The summed E-state index contributed by atoms with van der Waals surface area (Å²) in [6, 6.07) is 15.6. The van der Waals surface area contributed by atoms with Crippen molar-refractivity contribution in [2.24, 2.45) is 0 Å². The van der Waals surface area contributed by atoms with Crippen molar-refractivity contribution in [3.63, 3.8) is 0 Å². The molecule has 0 aliphatic rings. The van der Waals surface area contributed by atoms with E-state index in [1.54, 1.807) is 12.1 Å². The second-order valence-corrected chi connectivity index (χ2v) is 5.32. The summed E-state index contributed by atoms with van der Waals surface area (Å²) in [4.78, 5) is 0. The van der Waals surface area contributed by atoms with Gasteiger partial charge in [0.25, 0.3) is 0 Å². The van der Waals surface area contributed by atoms with Crippen LogP contribution in [-0.2, 0) is 0 Å². The molecule has 1 atom stereocenters. The Hall–Kier alpha value is -2.17. The fraction of sp³-hybridized carbons (Fsp3) is 0.333. The smallest absolute Gasteiger partial charge is 0.494 e. The molecule has 0 aliphatic carbocycles. The van der Waals surface area contributed by atoms with Gasteiger partial charge >= 0.3 is 6.36 Å².